The molecular formula is C22H14ClF2N3O4S. The molecule has 3 aromatic carbocycles. The van der Waals surface area contributed by atoms with Crippen LogP contribution in [0.4, 0.5) is 14.5 Å². The Hall–Kier alpha value is -3.76. The van der Waals surface area contributed by atoms with Crippen molar-refractivity contribution in [3.05, 3.63) is 101 Å². The van der Waals surface area contributed by atoms with Gasteiger partial charge in [-0.1, -0.05) is 29.8 Å². The molecule has 4 rings (SSSR count). The van der Waals surface area contributed by atoms with Crippen LogP contribution in [0.3, 0.4) is 0 Å². The number of rotatable bonds is 5. The minimum Gasteiger partial charge on any atom is -0.436 e. The van der Waals surface area contributed by atoms with E-state index in [1.54, 1.807) is 24.3 Å². The molecule has 0 unspecified atom stereocenters. The second kappa shape index (κ2) is 9.00. The molecule has 0 aliphatic heterocycles. The molecular weight excluding hydrogens is 476 g/mol. The Kier molecular flexibility index (Phi) is 6.12. The van der Waals surface area contributed by atoms with E-state index in [0.717, 1.165) is 12.1 Å². The lowest BCUT2D eigenvalue weighted by atomic mass is 10.1. The van der Waals surface area contributed by atoms with Gasteiger partial charge in [-0.05, 0) is 48.5 Å². The third-order valence-electron chi connectivity index (χ3n) is 4.47. The van der Waals surface area contributed by atoms with Crippen LogP contribution in [-0.4, -0.2) is 14.3 Å². The van der Waals surface area contributed by atoms with Gasteiger partial charge in [0.2, 0.25) is 5.55 Å². The highest BCUT2D eigenvalue weighted by Crippen LogP contribution is 2.17. The van der Waals surface area contributed by atoms with Crippen molar-refractivity contribution in [2.24, 2.45) is 5.10 Å². The fourth-order valence-corrected chi connectivity index (χ4v) is 3.78. The Morgan fingerprint density at radius 2 is 1.67 bits per heavy atom. The van der Waals surface area contributed by atoms with E-state index in [-0.39, 0.29) is 21.7 Å². The molecule has 33 heavy (non-hydrogen) atoms. The fourth-order valence-electron chi connectivity index (χ4n) is 2.86. The zero-order valence-electron chi connectivity index (χ0n) is 16.6. The van der Waals surface area contributed by atoms with Gasteiger partial charge >= 0.3 is 0 Å². The lowest BCUT2D eigenvalue weighted by Gasteiger charge is -2.08. The van der Waals surface area contributed by atoms with Crippen LogP contribution in [0.25, 0.3) is 11.0 Å². The highest BCUT2D eigenvalue weighted by molar-refractivity contribution is 7.89. The van der Waals surface area contributed by atoms with Crippen molar-refractivity contribution in [3.63, 3.8) is 0 Å². The van der Waals surface area contributed by atoms with Crippen LogP contribution >= 0.6 is 11.6 Å². The average molecular weight is 490 g/mol. The number of para-hydroxylation sites is 1. The maximum atomic E-state index is 13.5. The number of fused-ring (bicyclic) bond motifs is 1. The number of benzene rings is 3. The summed E-state index contributed by atoms with van der Waals surface area (Å²) in [6.07, 6.45) is 0. The standard InChI is InChI=1S/C22H14ClF2N3O4S/c23-14-5-8-16(9-6-14)33(30,31)28-27-22-17(11-13-3-1-2-4-20(13)32-22)21(29)26-15-7-10-18(24)19(25)12-15/h1-12,28H,(H,26,29)/b27-22-. The maximum absolute atomic E-state index is 13.5. The van der Waals surface area contributed by atoms with Gasteiger partial charge in [0.05, 0.1) is 4.90 Å². The van der Waals surface area contributed by atoms with E-state index in [1.165, 1.54) is 36.4 Å². The van der Waals surface area contributed by atoms with Gasteiger partial charge in [0, 0.05) is 22.2 Å². The summed E-state index contributed by atoms with van der Waals surface area (Å²) in [6, 6.07) is 16.3. The summed E-state index contributed by atoms with van der Waals surface area (Å²) in [5.74, 6) is -2.99. The molecule has 0 saturated heterocycles. The molecule has 0 fully saturated rings. The number of nitrogens with zero attached hydrogens (tertiary/aromatic N) is 1. The number of carbonyl (C=O) groups excluding carboxylic acids is 1. The molecule has 0 radical (unpaired) electrons. The van der Waals surface area contributed by atoms with Crippen molar-refractivity contribution in [3.8, 4) is 0 Å². The summed E-state index contributed by atoms with van der Waals surface area (Å²) in [5.41, 5.74) is -0.158. The van der Waals surface area contributed by atoms with Gasteiger partial charge in [0.1, 0.15) is 11.1 Å². The van der Waals surface area contributed by atoms with E-state index in [4.69, 9.17) is 16.0 Å². The average Bonchev–Trinajstić information content (AvgIpc) is 2.80. The third kappa shape index (κ3) is 5.02. The first kappa shape index (κ1) is 22.4. The summed E-state index contributed by atoms with van der Waals surface area (Å²) >= 11 is 5.79. The zero-order chi connectivity index (χ0) is 23.6. The van der Waals surface area contributed by atoms with Crippen molar-refractivity contribution in [2.45, 2.75) is 4.90 Å². The van der Waals surface area contributed by atoms with Crippen molar-refractivity contribution >= 4 is 44.2 Å². The monoisotopic (exact) mass is 489 g/mol. The van der Waals surface area contributed by atoms with Gasteiger partial charge in [-0.3, -0.25) is 4.79 Å². The molecule has 0 bridgehead atoms. The van der Waals surface area contributed by atoms with Crippen LogP contribution in [-0.2, 0) is 10.0 Å². The molecule has 168 valence electrons. The molecule has 1 heterocycles. The van der Waals surface area contributed by atoms with Crippen LogP contribution in [0, 0.1) is 11.6 Å². The van der Waals surface area contributed by atoms with E-state index in [2.05, 4.69) is 10.4 Å². The van der Waals surface area contributed by atoms with Gasteiger partial charge in [-0.15, -0.1) is 5.10 Å². The van der Waals surface area contributed by atoms with Gasteiger partial charge < -0.3 is 9.73 Å². The maximum Gasteiger partial charge on any atom is 0.276 e. The van der Waals surface area contributed by atoms with Crippen molar-refractivity contribution in [1.29, 1.82) is 0 Å². The quantitative estimate of drug-likeness (QED) is 0.405. The minimum atomic E-state index is -4.10. The van der Waals surface area contributed by atoms with Gasteiger partial charge in [0.15, 0.2) is 11.6 Å². The van der Waals surface area contributed by atoms with Crippen molar-refractivity contribution in [2.75, 3.05) is 5.32 Å². The number of carbonyl (C=O) groups is 1. The van der Waals surface area contributed by atoms with E-state index < -0.39 is 27.6 Å². The number of amides is 1. The number of hydrogen-bond acceptors (Lipinski definition) is 5. The Balaban J connectivity index is 1.74. The predicted octanol–water partition coefficient (Wildman–Crippen LogP) is 4.41. The molecule has 0 aliphatic rings. The molecule has 0 aliphatic carbocycles. The number of nitrogens with one attached hydrogen (secondary N) is 2. The van der Waals surface area contributed by atoms with E-state index >= 15 is 0 Å². The topological polar surface area (TPSA) is 101 Å². The summed E-state index contributed by atoms with van der Waals surface area (Å²) in [6.45, 7) is 0. The molecule has 11 heteroatoms. The Morgan fingerprint density at radius 1 is 0.939 bits per heavy atom. The molecule has 0 spiro atoms. The molecule has 2 N–H and O–H groups in total. The molecule has 0 atom stereocenters. The Labute approximate surface area is 191 Å². The lowest BCUT2D eigenvalue weighted by molar-refractivity contribution is 0.102. The number of sulfonamides is 1. The molecule has 0 saturated carbocycles. The normalized spacial score (nSPS) is 12.0. The van der Waals surface area contributed by atoms with Crippen LogP contribution in [0.1, 0.15) is 10.4 Å². The predicted molar refractivity (Wildman–Crippen MR) is 118 cm³/mol. The first-order valence-corrected chi connectivity index (χ1v) is 11.2. The highest BCUT2D eigenvalue weighted by Gasteiger charge is 2.17. The Bertz CT molecular complexity index is 1540. The summed E-state index contributed by atoms with van der Waals surface area (Å²) < 4.78 is 57.4. The number of anilines is 1. The minimum absolute atomic E-state index is 0.0141. The molecule has 4 aromatic rings. The summed E-state index contributed by atoms with van der Waals surface area (Å²) in [7, 11) is -4.10. The molecule has 7 nitrogen and oxygen atoms in total. The Morgan fingerprint density at radius 3 is 2.39 bits per heavy atom. The highest BCUT2D eigenvalue weighted by atomic mass is 35.5. The van der Waals surface area contributed by atoms with Crippen LogP contribution in [0.15, 0.2) is 87.2 Å². The van der Waals surface area contributed by atoms with E-state index in [0.29, 0.717) is 16.0 Å². The fraction of sp³-hybridized carbons (Fsp3) is 0. The van der Waals surface area contributed by atoms with Crippen LogP contribution < -0.4 is 15.7 Å². The number of halogens is 3. The lowest BCUT2D eigenvalue weighted by Crippen LogP contribution is -2.27. The molecule has 1 aromatic heterocycles. The first-order valence-electron chi connectivity index (χ1n) is 9.33. The SMILES string of the molecule is O=C(Nc1ccc(F)c(F)c1)c1cc2ccccc2o/c1=N\NS(=O)(=O)c1ccc(Cl)cc1. The van der Waals surface area contributed by atoms with Crippen molar-refractivity contribution in [1.82, 2.24) is 4.83 Å². The third-order valence-corrected chi connectivity index (χ3v) is 5.95. The largest absolute Gasteiger partial charge is 0.436 e. The number of hydrogen-bond donors (Lipinski definition) is 2. The second-order valence-corrected chi connectivity index (χ2v) is 8.84. The first-order chi connectivity index (χ1) is 15.7. The van der Waals surface area contributed by atoms with Gasteiger partial charge in [-0.25, -0.2) is 8.78 Å². The van der Waals surface area contributed by atoms with Gasteiger partial charge in [-0.2, -0.15) is 13.2 Å². The van der Waals surface area contributed by atoms with E-state index in [1.807, 2.05) is 4.83 Å². The summed E-state index contributed by atoms with van der Waals surface area (Å²) in [4.78, 5) is 14.8. The zero-order valence-corrected chi connectivity index (χ0v) is 18.1. The smallest absolute Gasteiger partial charge is 0.276 e. The molecule has 1 amide bonds. The van der Waals surface area contributed by atoms with E-state index in [9.17, 15) is 22.0 Å². The van der Waals surface area contributed by atoms with Crippen LogP contribution in [0.2, 0.25) is 5.02 Å². The van der Waals surface area contributed by atoms with Crippen molar-refractivity contribution < 1.29 is 26.4 Å². The van der Waals surface area contributed by atoms with Crippen LogP contribution in [0.5, 0.6) is 0 Å². The second-order valence-electron chi connectivity index (χ2n) is 6.75. The van der Waals surface area contributed by atoms with Gasteiger partial charge in [0.25, 0.3) is 15.9 Å². The summed E-state index contributed by atoms with van der Waals surface area (Å²) in [5, 5.41) is 7.09.